The van der Waals surface area contributed by atoms with Crippen LogP contribution in [-0.2, 0) is 11.4 Å². The number of nitrogens with zero attached hydrogens (tertiary/aromatic N) is 3. The fourth-order valence-corrected chi connectivity index (χ4v) is 5.13. The number of anilines is 1. The normalized spacial score (nSPS) is 16.2. The number of rotatable bonds is 10. The van der Waals surface area contributed by atoms with Crippen molar-refractivity contribution in [1.82, 2.24) is 20.1 Å². The smallest absolute Gasteiger partial charge is 0.270 e. The number of carbonyl (C=O) groups is 2. The Labute approximate surface area is 211 Å². The lowest BCUT2D eigenvalue weighted by Crippen LogP contribution is -2.50. The molecule has 2 fully saturated rings. The van der Waals surface area contributed by atoms with Gasteiger partial charge in [-0.1, -0.05) is 18.2 Å². The summed E-state index contributed by atoms with van der Waals surface area (Å²) >= 11 is 0. The van der Waals surface area contributed by atoms with Gasteiger partial charge in [-0.2, -0.15) is 5.10 Å². The minimum Gasteiger partial charge on any atom is -0.390 e. The second-order valence-corrected chi connectivity index (χ2v) is 10.2. The van der Waals surface area contributed by atoms with E-state index in [9.17, 15) is 14.7 Å². The molecule has 36 heavy (non-hydrogen) atoms. The number of benzene rings is 1. The molecule has 0 aliphatic heterocycles. The maximum atomic E-state index is 13.6. The minimum absolute atomic E-state index is 0.0420. The Morgan fingerprint density at radius 2 is 1.72 bits per heavy atom. The van der Waals surface area contributed by atoms with E-state index in [0.717, 1.165) is 36.8 Å². The number of pyridine rings is 1. The number of aromatic nitrogens is 3. The van der Waals surface area contributed by atoms with Gasteiger partial charge in [-0.3, -0.25) is 19.3 Å². The lowest BCUT2D eigenvalue weighted by Gasteiger charge is -2.28. The molecular weight excluding hydrogens is 454 g/mol. The van der Waals surface area contributed by atoms with Gasteiger partial charge in [0.2, 0.25) is 5.91 Å². The summed E-state index contributed by atoms with van der Waals surface area (Å²) < 4.78 is 1.69. The van der Waals surface area contributed by atoms with Gasteiger partial charge in [0, 0.05) is 29.7 Å². The molecule has 5 rings (SSSR count). The second-order valence-electron chi connectivity index (χ2n) is 10.2. The van der Waals surface area contributed by atoms with Crippen LogP contribution in [0.3, 0.4) is 0 Å². The summed E-state index contributed by atoms with van der Waals surface area (Å²) in [5.74, 6) is 0.650. The fourth-order valence-electron chi connectivity index (χ4n) is 5.13. The Morgan fingerprint density at radius 3 is 2.33 bits per heavy atom. The summed E-state index contributed by atoms with van der Waals surface area (Å²) in [5, 5.41) is 20.0. The minimum atomic E-state index is -0.605. The summed E-state index contributed by atoms with van der Waals surface area (Å²) in [5.41, 5.74) is 3.50. The molecule has 2 aliphatic carbocycles. The molecule has 8 heteroatoms. The van der Waals surface area contributed by atoms with Gasteiger partial charge in [0.15, 0.2) is 0 Å². The summed E-state index contributed by atoms with van der Waals surface area (Å²) in [7, 11) is 0. The summed E-state index contributed by atoms with van der Waals surface area (Å²) in [6.45, 7) is 3.81. The molecule has 3 aromatic rings. The molecule has 8 nitrogen and oxygen atoms in total. The van der Waals surface area contributed by atoms with Gasteiger partial charge in [-0.25, -0.2) is 0 Å². The van der Waals surface area contributed by atoms with Crippen molar-refractivity contribution in [3.05, 3.63) is 66.2 Å². The largest absolute Gasteiger partial charge is 0.390 e. The highest BCUT2D eigenvalue weighted by molar-refractivity contribution is 6.01. The van der Waals surface area contributed by atoms with Crippen LogP contribution in [0.25, 0.3) is 11.1 Å². The van der Waals surface area contributed by atoms with E-state index in [2.05, 4.69) is 20.7 Å². The van der Waals surface area contributed by atoms with Crippen LogP contribution in [0.15, 0.2) is 54.9 Å². The first kappa shape index (κ1) is 24.2. The molecule has 2 heterocycles. The molecule has 0 spiro atoms. The van der Waals surface area contributed by atoms with Crippen LogP contribution in [0.1, 0.15) is 61.8 Å². The first-order valence-corrected chi connectivity index (χ1v) is 12.8. The Hall–Kier alpha value is -3.52. The number of nitrogens with one attached hydrogen (secondary N) is 2. The van der Waals surface area contributed by atoms with Crippen molar-refractivity contribution in [1.29, 1.82) is 0 Å². The highest BCUT2D eigenvalue weighted by Crippen LogP contribution is 2.51. The topological polar surface area (TPSA) is 109 Å². The van der Waals surface area contributed by atoms with Crippen LogP contribution in [0.5, 0.6) is 0 Å². The van der Waals surface area contributed by atoms with E-state index in [1.807, 2.05) is 50.2 Å². The first-order chi connectivity index (χ1) is 17.5. The van der Waals surface area contributed by atoms with Crippen LogP contribution < -0.4 is 10.6 Å². The highest BCUT2D eigenvalue weighted by atomic mass is 16.3. The standard InChI is InChI=1S/C28H33N5O3/c1-17(2)33-24(13-15-30-33)27(35)32-26(25(19-5-6-19)20-7-8-20)28(36)31-21-11-9-18(10-12-21)22-4-3-14-29-23(22)16-34/h3-4,9-15,17,19-20,25-26,34H,5-8,16H2,1-2H3,(H,31,36)(H,32,35). The Kier molecular flexibility index (Phi) is 6.87. The highest BCUT2D eigenvalue weighted by Gasteiger charge is 2.48. The lowest BCUT2D eigenvalue weighted by atomic mass is 9.88. The van der Waals surface area contributed by atoms with E-state index in [0.29, 0.717) is 28.9 Å². The molecule has 0 radical (unpaired) electrons. The molecule has 3 N–H and O–H groups in total. The lowest BCUT2D eigenvalue weighted by molar-refractivity contribution is -0.119. The Morgan fingerprint density at radius 1 is 1.03 bits per heavy atom. The number of hydrogen-bond donors (Lipinski definition) is 3. The summed E-state index contributed by atoms with van der Waals surface area (Å²) in [6, 6.07) is 12.4. The van der Waals surface area contributed by atoms with Crippen LogP contribution >= 0.6 is 0 Å². The third-order valence-electron chi connectivity index (χ3n) is 7.18. The summed E-state index contributed by atoms with van der Waals surface area (Å²) in [6.07, 6.45) is 7.71. The number of amides is 2. The zero-order valence-electron chi connectivity index (χ0n) is 20.7. The van der Waals surface area contributed by atoms with E-state index >= 15 is 0 Å². The maximum Gasteiger partial charge on any atom is 0.270 e. The van der Waals surface area contributed by atoms with Gasteiger partial charge in [0.05, 0.1) is 12.3 Å². The van der Waals surface area contributed by atoms with E-state index in [4.69, 9.17) is 0 Å². The van der Waals surface area contributed by atoms with Crippen LogP contribution in [-0.4, -0.2) is 37.7 Å². The quantitative estimate of drug-likeness (QED) is 0.397. The Balaban J connectivity index is 1.35. The molecule has 1 unspecified atom stereocenters. The maximum absolute atomic E-state index is 13.6. The molecule has 2 saturated carbocycles. The third-order valence-corrected chi connectivity index (χ3v) is 7.18. The van der Waals surface area contributed by atoms with Gasteiger partial charge >= 0.3 is 0 Å². The number of aliphatic hydroxyl groups is 1. The van der Waals surface area contributed by atoms with Crippen molar-refractivity contribution >= 4 is 17.5 Å². The average Bonchev–Trinajstić information content (AvgIpc) is 3.83. The number of carbonyl (C=O) groups excluding carboxylic acids is 2. The molecule has 2 aromatic heterocycles. The number of aliphatic hydroxyl groups excluding tert-OH is 1. The molecule has 0 saturated heterocycles. The van der Waals surface area contributed by atoms with Gasteiger partial charge in [0.1, 0.15) is 11.7 Å². The van der Waals surface area contributed by atoms with Crippen LogP contribution in [0.2, 0.25) is 0 Å². The Bertz CT molecular complexity index is 1220. The van der Waals surface area contributed by atoms with Crippen molar-refractivity contribution in [3.63, 3.8) is 0 Å². The van der Waals surface area contributed by atoms with E-state index in [1.165, 1.54) is 0 Å². The van der Waals surface area contributed by atoms with Crippen molar-refractivity contribution in [2.45, 2.75) is 58.2 Å². The van der Waals surface area contributed by atoms with Gasteiger partial charge < -0.3 is 15.7 Å². The van der Waals surface area contributed by atoms with Crippen molar-refractivity contribution in [3.8, 4) is 11.1 Å². The molecule has 2 amide bonds. The van der Waals surface area contributed by atoms with E-state index in [-0.39, 0.29) is 30.4 Å². The molecule has 0 bridgehead atoms. The molecule has 1 atom stereocenters. The van der Waals surface area contributed by atoms with Crippen LogP contribution in [0.4, 0.5) is 5.69 Å². The monoisotopic (exact) mass is 487 g/mol. The van der Waals surface area contributed by atoms with Crippen molar-refractivity contribution in [2.24, 2.45) is 17.8 Å². The number of hydrogen-bond acceptors (Lipinski definition) is 5. The average molecular weight is 488 g/mol. The second kappa shape index (κ2) is 10.2. The van der Waals surface area contributed by atoms with E-state index in [1.54, 1.807) is 23.1 Å². The first-order valence-electron chi connectivity index (χ1n) is 12.8. The molecule has 2 aliphatic rings. The summed E-state index contributed by atoms with van der Waals surface area (Å²) in [4.78, 5) is 31.1. The van der Waals surface area contributed by atoms with Gasteiger partial charge in [-0.15, -0.1) is 0 Å². The van der Waals surface area contributed by atoms with Crippen molar-refractivity contribution in [2.75, 3.05) is 5.32 Å². The van der Waals surface area contributed by atoms with Crippen LogP contribution in [0, 0.1) is 17.8 Å². The zero-order chi connectivity index (χ0) is 25.2. The predicted octanol–water partition coefficient (Wildman–Crippen LogP) is 4.19. The SMILES string of the molecule is CC(C)n1nccc1C(=O)NC(C(=O)Nc1ccc(-c2cccnc2CO)cc1)C(C1CC1)C1CC1. The zero-order valence-corrected chi connectivity index (χ0v) is 20.7. The predicted molar refractivity (Wildman–Crippen MR) is 137 cm³/mol. The fraction of sp³-hybridized carbons (Fsp3) is 0.429. The van der Waals surface area contributed by atoms with Crippen molar-refractivity contribution < 1.29 is 14.7 Å². The molecular formula is C28H33N5O3. The molecule has 188 valence electrons. The van der Waals surface area contributed by atoms with E-state index < -0.39 is 6.04 Å². The van der Waals surface area contributed by atoms with Gasteiger partial charge in [0.25, 0.3) is 5.91 Å². The third kappa shape index (κ3) is 5.18. The van der Waals surface area contributed by atoms with Gasteiger partial charge in [-0.05, 0) is 87.1 Å². The molecule has 1 aromatic carbocycles.